The van der Waals surface area contributed by atoms with E-state index < -0.39 is 18.2 Å². The van der Waals surface area contributed by atoms with E-state index in [2.05, 4.69) is 5.73 Å². The van der Waals surface area contributed by atoms with Crippen LogP contribution in [0.2, 0.25) is 0 Å². The topological polar surface area (TPSA) is 63.3 Å². The zero-order valence-electron chi connectivity index (χ0n) is 4.14. The van der Waals surface area contributed by atoms with Gasteiger partial charge in [-0.2, -0.15) is 0 Å². The summed E-state index contributed by atoms with van der Waals surface area (Å²) in [6.07, 6.45) is -3.70. The SMILES string of the molecule is N[C@](F)(C(=O)O)C(F)F. The van der Waals surface area contributed by atoms with Crippen molar-refractivity contribution in [1.82, 2.24) is 0 Å². The average molecular weight is 143 g/mol. The molecular weight excluding hydrogens is 139 g/mol. The predicted octanol–water partition coefficient (Wildman–Crippen LogP) is -0.0394. The van der Waals surface area contributed by atoms with Crippen LogP contribution in [0, 0.1) is 0 Å². The molecule has 0 bridgehead atoms. The molecule has 0 amide bonds. The number of alkyl halides is 3. The van der Waals surface area contributed by atoms with Gasteiger partial charge in [-0.15, -0.1) is 0 Å². The van der Waals surface area contributed by atoms with Crippen LogP contribution in [0.5, 0.6) is 0 Å². The van der Waals surface area contributed by atoms with Crippen molar-refractivity contribution < 1.29 is 23.1 Å². The quantitative estimate of drug-likeness (QED) is 0.533. The maximum atomic E-state index is 11.8. The van der Waals surface area contributed by atoms with Crippen LogP contribution in [0.1, 0.15) is 0 Å². The lowest BCUT2D eigenvalue weighted by atomic mass is 10.3. The van der Waals surface area contributed by atoms with Gasteiger partial charge in [-0.3, -0.25) is 5.73 Å². The minimum Gasteiger partial charge on any atom is -0.478 e. The molecule has 0 saturated heterocycles. The Bertz CT molecular complexity index is 124. The van der Waals surface area contributed by atoms with E-state index >= 15 is 0 Å². The minimum atomic E-state index is -3.92. The smallest absolute Gasteiger partial charge is 0.362 e. The second kappa shape index (κ2) is 2.22. The Balaban J connectivity index is 4.19. The first-order chi connectivity index (χ1) is 3.89. The van der Waals surface area contributed by atoms with Crippen LogP contribution < -0.4 is 5.73 Å². The molecule has 0 aromatic rings. The van der Waals surface area contributed by atoms with Crippen molar-refractivity contribution in [2.24, 2.45) is 5.73 Å². The summed E-state index contributed by atoms with van der Waals surface area (Å²) in [6.45, 7) is 0. The van der Waals surface area contributed by atoms with Crippen LogP contribution in [0.15, 0.2) is 0 Å². The van der Waals surface area contributed by atoms with Crippen LogP contribution in [0.3, 0.4) is 0 Å². The third kappa shape index (κ3) is 1.56. The Morgan fingerprint density at radius 2 is 2.00 bits per heavy atom. The molecule has 0 radical (unpaired) electrons. The molecule has 0 aromatic heterocycles. The summed E-state index contributed by atoms with van der Waals surface area (Å²) in [5, 5.41) is 7.63. The Labute approximate surface area is 48.3 Å². The number of carboxylic acids is 1. The summed E-state index contributed by atoms with van der Waals surface area (Å²) >= 11 is 0. The van der Waals surface area contributed by atoms with E-state index in [0.717, 1.165) is 0 Å². The third-order valence-electron chi connectivity index (χ3n) is 0.645. The van der Waals surface area contributed by atoms with Crippen LogP contribution in [-0.4, -0.2) is 23.3 Å². The lowest BCUT2D eigenvalue weighted by Crippen LogP contribution is -2.49. The first-order valence-electron chi connectivity index (χ1n) is 1.88. The molecular formula is C3H4F3NO2. The molecule has 0 heterocycles. The highest BCUT2D eigenvalue weighted by molar-refractivity contribution is 5.76. The van der Waals surface area contributed by atoms with Gasteiger partial charge in [0, 0.05) is 0 Å². The zero-order chi connectivity index (χ0) is 7.65. The molecule has 0 fully saturated rings. The average Bonchev–Trinajstić information content (AvgIpc) is 1.65. The normalized spacial score (nSPS) is 17.4. The summed E-state index contributed by atoms with van der Waals surface area (Å²) in [5.41, 5.74) is 3.99. The zero-order valence-corrected chi connectivity index (χ0v) is 4.14. The van der Waals surface area contributed by atoms with Gasteiger partial charge in [0.05, 0.1) is 0 Å². The van der Waals surface area contributed by atoms with E-state index in [-0.39, 0.29) is 0 Å². The number of carbonyl (C=O) groups is 1. The monoisotopic (exact) mass is 143 g/mol. The van der Waals surface area contributed by atoms with E-state index in [9.17, 15) is 18.0 Å². The van der Waals surface area contributed by atoms with Crippen molar-refractivity contribution in [1.29, 1.82) is 0 Å². The number of carboxylic acid groups (broad SMARTS) is 1. The van der Waals surface area contributed by atoms with Gasteiger partial charge in [-0.25, -0.2) is 18.0 Å². The van der Waals surface area contributed by atoms with Gasteiger partial charge in [0.15, 0.2) is 0 Å². The summed E-state index contributed by atoms with van der Waals surface area (Å²) in [5.74, 6) is -6.28. The molecule has 0 aliphatic heterocycles. The van der Waals surface area contributed by atoms with E-state index in [1.807, 2.05) is 0 Å². The predicted molar refractivity (Wildman–Crippen MR) is 21.7 cm³/mol. The lowest BCUT2D eigenvalue weighted by Gasteiger charge is -2.11. The van der Waals surface area contributed by atoms with Crippen LogP contribution in [-0.2, 0) is 4.79 Å². The van der Waals surface area contributed by atoms with Crippen molar-refractivity contribution in [3.8, 4) is 0 Å². The second-order valence-corrected chi connectivity index (χ2v) is 1.37. The molecule has 0 saturated carbocycles. The summed E-state index contributed by atoms with van der Waals surface area (Å²) in [4.78, 5) is 9.48. The molecule has 0 aliphatic carbocycles. The van der Waals surface area contributed by atoms with Crippen molar-refractivity contribution in [3.63, 3.8) is 0 Å². The van der Waals surface area contributed by atoms with E-state index in [1.54, 1.807) is 0 Å². The molecule has 6 heteroatoms. The molecule has 3 N–H and O–H groups in total. The summed E-state index contributed by atoms with van der Waals surface area (Å²) < 4.78 is 34.1. The van der Waals surface area contributed by atoms with E-state index in [0.29, 0.717) is 0 Å². The summed E-state index contributed by atoms with van der Waals surface area (Å²) in [6, 6.07) is 0. The summed E-state index contributed by atoms with van der Waals surface area (Å²) in [7, 11) is 0. The van der Waals surface area contributed by atoms with Crippen molar-refractivity contribution in [2.45, 2.75) is 12.2 Å². The molecule has 3 nitrogen and oxygen atoms in total. The molecule has 0 unspecified atom stereocenters. The Hall–Kier alpha value is -0.780. The maximum Gasteiger partial charge on any atom is 0.362 e. The van der Waals surface area contributed by atoms with Gasteiger partial charge in [0.2, 0.25) is 0 Å². The molecule has 54 valence electrons. The highest BCUT2D eigenvalue weighted by Crippen LogP contribution is 2.13. The fourth-order valence-corrected chi connectivity index (χ4v) is 0.0933. The number of rotatable bonds is 2. The highest BCUT2D eigenvalue weighted by atomic mass is 19.3. The standard InChI is InChI=1S/C3H4F3NO2/c4-1(5)3(6,7)2(8)9/h1H,7H2,(H,8,9)/t3-/m0/s1. The molecule has 0 spiro atoms. The number of hydrogen-bond donors (Lipinski definition) is 2. The van der Waals surface area contributed by atoms with Crippen LogP contribution in [0.25, 0.3) is 0 Å². The molecule has 9 heavy (non-hydrogen) atoms. The van der Waals surface area contributed by atoms with Gasteiger partial charge >= 0.3 is 11.8 Å². The van der Waals surface area contributed by atoms with Gasteiger partial charge in [-0.05, 0) is 0 Å². The van der Waals surface area contributed by atoms with E-state index in [1.165, 1.54) is 0 Å². The lowest BCUT2D eigenvalue weighted by molar-refractivity contribution is -0.161. The van der Waals surface area contributed by atoms with Gasteiger partial charge < -0.3 is 5.11 Å². The first kappa shape index (κ1) is 8.22. The molecule has 0 aliphatic rings. The Morgan fingerprint density at radius 3 is 2.00 bits per heavy atom. The van der Waals surface area contributed by atoms with Crippen molar-refractivity contribution in [3.05, 3.63) is 0 Å². The number of hydrogen-bond acceptors (Lipinski definition) is 2. The fraction of sp³-hybridized carbons (Fsp3) is 0.667. The van der Waals surface area contributed by atoms with Crippen LogP contribution >= 0.6 is 0 Å². The Morgan fingerprint density at radius 1 is 1.67 bits per heavy atom. The van der Waals surface area contributed by atoms with Crippen molar-refractivity contribution >= 4 is 5.97 Å². The number of halogens is 3. The maximum absolute atomic E-state index is 11.8. The van der Waals surface area contributed by atoms with E-state index in [4.69, 9.17) is 5.11 Å². The van der Waals surface area contributed by atoms with Gasteiger partial charge in [0.25, 0.3) is 6.43 Å². The Kier molecular flexibility index (Phi) is 2.03. The van der Waals surface area contributed by atoms with Gasteiger partial charge in [0.1, 0.15) is 0 Å². The molecule has 0 rings (SSSR count). The largest absolute Gasteiger partial charge is 0.478 e. The van der Waals surface area contributed by atoms with Crippen molar-refractivity contribution in [2.75, 3.05) is 0 Å². The second-order valence-electron chi connectivity index (χ2n) is 1.37. The van der Waals surface area contributed by atoms with Crippen LogP contribution in [0.4, 0.5) is 13.2 Å². The minimum absolute atomic E-state index is 2.36. The highest BCUT2D eigenvalue weighted by Gasteiger charge is 2.44. The molecule has 1 atom stereocenters. The first-order valence-corrected chi connectivity index (χ1v) is 1.88. The molecule has 0 aromatic carbocycles. The number of nitrogens with two attached hydrogens (primary N) is 1. The fourth-order valence-electron chi connectivity index (χ4n) is 0.0933. The number of aliphatic carboxylic acids is 1. The van der Waals surface area contributed by atoms with Gasteiger partial charge in [-0.1, -0.05) is 0 Å². The third-order valence-corrected chi connectivity index (χ3v) is 0.645.